The first-order valence-corrected chi connectivity index (χ1v) is 6.73. The molecule has 4 nitrogen and oxygen atoms in total. The van der Waals surface area contributed by atoms with Crippen LogP contribution in [0.25, 0.3) is 12.2 Å². The second-order valence-corrected chi connectivity index (χ2v) is 4.88. The quantitative estimate of drug-likeness (QED) is 0.811. The van der Waals surface area contributed by atoms with Crippen molar-refractivity contribution in [3.8, 4) is 0 Å². The van der Waals surface area contributed by atoms with Gasteiger partial charge in [0.05, 0.1) is 18.7 Å². The molecule has 1 amide bonds. The van der Waals surface area contributed by atoms with Gasteiger partial charge in [0, 0.05) is 11.9 Å². The van der Waals surface area contributed by atoms with Crippen LogP contribution in [0.4, 0.5) is 5.69 Å². The van der Waals surface area contributed by atoms with E-state index in [0.717, 1.165) is 16.9 Å². The Morgan fingerprint density at radius 1 is 1.05 bits per heavy atom. The molecule has 1 fully saturated rings. The highest BCUT2D eigenvalue weighted by Gasteiger charge is 2.28. The van der Waals surface area contributed by atoms with E-state index in [0.29, 0.717) is 0 Å². The third-order valence-corrected chi connectivity index (χ3v) is 3.30. The van der Waals surface area contributed by atoms with Crippen LogP contribution in [0.2, 0.25) is 0 Å². The highest BCUT2D eigenvalue weighted by atomic mass is 16.2. The van der Waals surface area contributed by atoms with Crippen molar-refractivity contribution in [3.63, 3.8) is 0 Å². The van der Waals surface area contributed by atoms with Gasteiger partial charge in [0.15, 0.2) is 5.78 Å². The molecule has 0 radical (unpaired) electrons. The molecule has 0 spiro atoms. The molecule has 1 aromatic heterocycles. The maximum absolute atomic E-state index is 11.8. The predicted molar refractivity (Wildman–Crippen MR) is 81.6 cm³/mol. The number of hydrogen-bond donors (Lipinski definition) is 0. The molecule has 2 aromatic rings. The number of aromatic nitrogens is 1. The van der Waals surface area contributed by atoms with Gasteiger partial charge in [-0.25, -0.2) is 0 Å². The summed E-state index contributed by atoms with van der Waals surface area (Å²) in [5.41, 5.74) is 2.59. The minimum absolute atomic E-state index is 0.00794. The van der Waals surface area contributed by atoms with Crippen LogP contribution < -0.4 is 4.90 Å². The van der Waals surface area contributed by atoms with Crippen molar-refractivity contribution < 1.29 is 9.59 Å². The summed E-state index contributed by atoms with van der Waals surface area (Å²) in [5.74, 6) is -0.166. The second kappa shape index (κ2) is 5.71. The summed E-state index contributed by atoms with van der Waals surface area (Å²) in [6, 6.07) is 13.3. The van der Waals surface area contributed by atoms with Crippen molar-refractivity contribution in [1.82, 2.24) is 4.98 Å². The van der Waals surface area contributed by atoms with Gasteiger partial charge in [-0.15, -0.1) is 0 Å². The third-order valence-electron chi connectivity index (χ3n) is 3.30. The van der Waals surface area contributed by atoms with Crippen molar-refractivity contribution in [2.75, 3.05) is 11.4 Å². The van der Waals surface area contributed by atoms with Crippen LogP contribution in [0.5, 0.6) is 0 Å². The highest BCUT2D eigenvalue weighted by Crippen LogP contribution is 2.21. The Morgan fingerprint density at radius 2 is 1.95 bits per heavy atom. The number of pyridine rings is 1. The Labute approximate surface area is 122 Å². The monoisotopic (exact) mass is 278 g/mol. The summed E-state index contributed by atoms with van der Waals surface area (Å²) >= 11 is 0. The zero-order valence-electron chi connectivity index (χ0n) is 11.4. The summed E-state index contributed by atoms with van der Waals surface area (Å²) in [6.07, 6.45) is 5.60. The Kier molecular flexibility index (Phi) is 3.60. The van der Waals surface area contributed by atoms with Gasteiger partial charge in [0.25, 0.3) is 0 Å². The summed E-state index contributed by atoms with van der Waals surface area (Å²) in [4.78, 5) is 28.8. The van der Waals surface area contributed by atoms with Crippen molar-refractivity contribution in [1.29, 1.82) is 0 Å². The van der Waals surface area contributed by atoms with E-state index in [1.54, 1.807) is 6.20 Å². The van der Waals surface area contributed by atoms with Crippen LogP contribution in [0, 0.1) is 0 Å². The molecule has 0 aliphatic carbocycles. The Bertz CT molecular complexity index is 708. The fraction of sp³-hybridized carbons (Fsp3) is 0.118. The van der Waals surface area contributed by atoms with Crippen molar-refractivity contribution >= 4 is 29.5 Å². The largest absolute Gasteiger partial charge is 0.305 e. The average molecular weight is 278 g/mol. The van der Waals surface area contributed by atoms with Gasteiger partial charge in [0.1, 0.15) is 0 Å². The number of carbonyl (C=O) groups is 2. The van der Waals surface area contributed by atoms with Crippen LogP contribution in [0.15, 0.2) is 48.7 Å². The molecule has 0 atom stereocenters. The molecule has 1 aromatic carbocycles. The first-order valence-electron chi connectivity index (χ1n) is 6.73. The third kappa shape index (κ3) is 3.05. The lowest BCUT2D eigenvalue weighted by molar-refractivity contribution is -0.121. The Hall–Kier alpha value is -2.75. The number of amides is 1. The smallest absolute Gasteiger partial charge is 0.234 e. The van der Waals surface area contributed by atoms with E-state index >= 15 is 0 Å². The van der Waals surface area contributed by atoms with Gasteiger partial charge >= 0.3 is 0 Å². The molecule has 21 heavy (non-hydrogen) atoms. The summed E-state index contributed by atoms with van der Waals surface area (Å²) in [6.45, 7) is 0.173. The number of benzene rings is 1. The second-order valence-electron chi connectivity index (χ2n) is 4.88. The fourth-order valence-electron chi connectivity index (χ4n) is 2.27. The minimum atomic E-state index is -0.133. The maximum atomic E-state index is 11.8. The first-order chi connectivity index (χ1) is 10.2. The lowest BCUT2D eigenvalue weighted by atomic mass is 10.1. The van der Waals surface area contributed by atoms with Gasteiger partial charge in [-0.3, -0.25) is 14.6 Å². The number of Topliss-reactive ketones (excluding diaryl/α,β-unsaturated/α-hetero) is 1. The van der Waals surface area contributed by atoms with Crippen LogP contribution in [0.3, 0.4) is 0 Å². The van der Waals surface area contributed by atoms with Crippen molar-refractivity contribution in [2.45, 2.75) is 6.42 Å². The molecule has 1 aliphatic rings. The number of rotatable bonds is 3. The number of nitrogens with zero attached hydrogens (tertiary/aromatic N) is 2. The van der Waals surface area contributed by atoms with E-state index < -0.39 is 0 Å². The van der Waals surface area contributed by atoms with Crippen LogP contribution in [-0.2, 0) is 9.59 Å². The molecular weight excluding hydrogens is 264 g/mol. The SMILES string of the molecule is O=C1CC(=O)N(c2cccc(C=Cc3ccccn3)c2)C1. The zero-order chi connectivity index (χ0) is 14.7. The van der Waals surface area contributed by atoms with Gasteiger partial charge in [-0.05, 0) is 35.9 Å². The minimum Gasteiger partial charge on any atom is -0.305 e. The summed E-state index contributed by atoms with van der Waals surface area (Å²) < 4.78 is 0. The summed E-state index contributed by atoms with van der Waals surface area (Å²) in [5, 5.41) is 0. The molecule has 0 saturated carbocycles. The Morgan fingerprint density at radius 3 is 2.67 bits per heavy atom. The van der Waals surface area contributed by atoms with E-state index in [1.807, 2.05) is 54.6 Å². The maximum Gasteiger partial charge on any atom is 0.234 e. The molecule has 4 heteroatoms. The molecule has 3 rings (SSSR count). The lowest BCUT2D eigenvalue weighted by Gasteiger charge is -2.14. The Balaban J connectivity index is 1.82. The van der Waals surface area contributed by atoms with E-state index in [2.05, 4.69) is 4.98 Å². The first kappa shape index (κ1) is 13.2. The fourth-order valence-corrected chi connectivity index (χ4v) is 2.27. The van der Waals surface area contributed by atoms with E-state index in [1.165, 1.54) is 4.90 Å². The number of anilines is 1. The molecule has 0 N–H and O–H groups in total. The highest BCUT2D eigenvalue weighted by molar-refractivity contribution is 6.15. The predicted octanol–water partition coefficient (Wildman–Crippen LogP) is 2.56. The van der Waals surface area contributed by atoms with Crippen LogP contribution in [0.1, 0.15) is 17.7 Å². The molecule has 2 heterocycles. The number of hydrogen-bond acceptors (Lipinski definition) is 3. The van der Waals surface area contributed by atoms with Gasteiger partial charge < -0.3 is 4.90 Å². The normalized spacial score (nSPS) is 15.1. The molecular formula is C17H14N2O2. The van der Waals surface area contributed by atoms with E-state index in [4.69, 9.17) is 0 Å². The van der Waals surface area contributed by atoms with E-state index in [-0.39, 0.29) is 24.7 Å². The topological polar surface area (TPSA) is 50.3 Å². The van der Waals surface area contributed by atoms with Crippen molar-refractivity contribution in [3.05, 3.63) is 59.9 Å². The molecule has 104 valence electrons. The van der Waals surface area contributed by atoms with Gasteiger partial charge in [0.2, 0.25) is 5.91 Å². The van der Waals surface area contributed by atoms with Crippen molar-refractivity contribution in [2.24, 2.45) is 0 Å². The molecule has 1 aliphatic heterocycles. The van der Waals surface area contributed by atoms with Gasteiger partial charge in [-0.1, -0.05) is 24.3 Å². The molecule has 0 bridgehead atoms. The van der Waals surface area contributed by atoms with Crippen LogP contribution >= 0.6 is 0 Å². The number of ketones is 1. The molecule has 1 saturated heterocycles. The lowest BCUT2D eigenvalue weighted by Crippen LogP contribution is -2.24. The van der Waals surface area contributed by atoms with Gasteiger partial charge in [-0.2, -0.15) is 0 Å². The van der Waals surface area contributed by atoms with Crippen LogP contribution in [-0.4, -0.2) is 23.2 Å². The summed E-state index contributed by atoms with van der Waals surface area (Å²) in [7, 11) is 0. The average Bonchev–Trinajstić information content (AvgIpc) is 2.85. The molecule has 0 unspecified atom stereocenters. The van der Waals surface area contributed by atoms with E-state index in [9.17, 15) is 9.59 Å². The zero-order valence-corrected chi connectivity index (χ0v) is 11.4. The number of carbonyl (C=O) groups excluding carboxylic acids is 2. The standard InChI is InChI=1S/C17H14N2O2/c20-16-11-17(21)19(12-16)15-6-3-4-13(10-15)7-8-14-5-1-2-9-18-14/h1-10H,11-12H2.